The summed E-state index contributed by atoms with van der Waals surface area (Å²) in [5.74, 6) is 0.322. The summed E-state index contributed by atoms with van der Waals surface area (Å²) >= 11 is 0. The molecule has 6 heteroatoms. The molecule has 0 aliphatic heterocycles. The quantitative estimate of drug-likeness (QED) is 0.449. The Morgan fingerprint density at radius 2 is 2.00 bits per heavy atom. The highest BCUT2D eigenvalue weighted by Gasteiger charge is 2.11. The summed E-state index contributed by atoms with van der Waals surface area (Å²) in [4.78, 5) is 21.7. The first-order valence-electron chi connectivity index (χ1n) is 6.24. The van der Waals surface area contributed by atoms with Crippen molar-refractivity contribution in [3.05, 3.63) is 34.4 Å². The van der Waals surface area contributed by atoms with E-state index in [1.54, 1.807) is 18.2 Å². The van der Waals surface area contributed by atoms with Gasteiger partial charge in [0, 0.05) is 25.6 Å². The first kappa shape index (κ1) is 14.9. The monoisotopic (exact) mass is 265 g/mol. The number of hydrogen-bond donors (Lipinski definition) is 2. The van der Waals surface area contributed by atoms with Crippen LogP contribution in [0.15, 0.2) is 24.3 Å². The average Bonchev–Trinajstić information content (AvgIpc) is 2.34. The van der Waals surface area contributed by atoms with Gasteiger partial charge in [-0.1, -0.05) is 26.0 Å². The van der Waals surface area contributed by atoms with Gasteiger partial charge >= 0.3 is 0 Å². The van der Waals surface area contributed by atoms with Gasteiger partial charge in [0.05, 0.1) is 4.92 Å². The summed E-state index contributed by atoms with van der Waals surface area (Å²) in [5.41, 5.74) is 0.501. The Kier molecular flexibility index (Phi) is 5.78. The molecule has 0 bridgehead atoms. The predicted octanol–water partition coefficient (Wildman–Crippen LogP) is 2.17. The molecule has 0 aliphatic rings. The van der Waals surface area contributed by atoms with E-state index < -0.39 is 4.92 Å². The van der Waals surface area contributed by atoms with Crippen molar-refractivity contribution in [2.24, 2.45) is 5.92 Å². The highest BCUT2D eigenvalue weighted by molar-refractivity contribution is 5.76. The molecule has 0 heterocycles. The molecule has 0 radical (unpaired) electrons. The number of para-hydroxylation sites is 2. The molecule has 0 fully saturated rings. The third-order valence-corrected chi connectivity index (χ3v) is 2.46. The Hall–Kier alpha value is -2.11. The van der Waals surface area contributed by atoms with Crippen LogP contribution in [0.25, 0.3) is 0 Å². The predicted molar refractivity (Wildman–Crippen MR) is 74.1 cm³/mol. The zero-order chi connectivity index (χ0) is 14.3. The fourth-order valence-electron chi connectivity index (χ4n) is 1.62. The molecule has 1 aromatic carbocycles. The zero-order valence-electron chi connectivity index (χ0n) is 11.2. The summed E-state index contributed by atoms with van der Waals surface area (Å²) < 4.78 is 0. The number of amides is 1. The third-order valence-electron chi connectivity index (χ3n) is 2.46. The van der Waals surface area contributed by atoms with Gasteiger partial charge in [-0.3, -0.25) is 14.9 Å². The Labute approximate surface area is 112 Å². The van der Waals surface area contributed by atoms with Crippen LogP contribution in [0.5, 0.6) is 0 Å². The van der Waals surface area contributed by atoms with Crippen molar-refractivity contribution in [2.75, 3.05) is 18.4 Å². The third kappa shape index (κ3) is 5.37. The lowest BCUT2D eigenvalue weighted by atomic mass is 10.1. The molecule has 0 unspecified atom stereocenters. The molecule has 0 atom stereocenters. The largest absolute Gasteiger partial charge is 0.378 e. The Bertz CT molecular complexity index is 447. The highest BCUT2D eigenvalue weighted by Crippen LogP contribution is 2.22. The van der Waals surface area contributed by atoms with Gasteiger partial charge in [-0.15, -0.1) is 0 Å². The minimum Gasteiger partial charge on any atom is -0.378 e. The van der Waals surface area contributed by atoms with Crippen molar-refractivity contribution in [3.63, 3.8) is 0 Å². The lowest BCUT2D eigenvalue weighted by Gasteiger charge is -2.09. The lowest BCUT2D eigenvalue weighted by molar-refractivity contribution is -0.384. The van der Waals surface area contributed by atoms with Gasteiger partial charge in [-0.25, -0.2) is 0 Å². The fraction of sp³-hybridized carbons (Fsp3) is 0.462. The number of hydrogen-bond acceptors (Lipinski definition) is 4. The summed E-state index contributed by atoms with van der Waals surface area (Å²) in [7, 11) is 0. The molecule has 0 aromatic heterocycles. The van der Waals surface area contributed by atoms with Gasteiger partial charge in [-0.05, 0) is 12.0 Å². The van der Waals surface area contributed by atoms with Gasteiger partial charge in [0.1, 0.15) is 5.69 Å². The first-order valence-corrected chi connectivity index (χ1v) is 6.24. The zero-order valence-corrected chi connectivity index (χ0v) is 11.2. The van der Waals surface area contributed by atoms with E-state index in [-0.39, 0.29) is 11.6 Å². The lowest BCUT2D eigenvalue weighted by Crippen LogP contribution is -2.29. The van der Waals surface area contributed by atoms with Gasteiger partial charge in [0.15, 0.2) is 0 Å². The van der Waals surface area contributed by atoms with Crippen LogP contribution in [0.3, 0.4) is 0 Å². The van der Waals surface area contributed by atoms with Crippen LogP contribution in [-0.2, 0) is 4.79 Å². The number of rotatable bonds is 7. The van der Waals surface area contributed by atoms with Crippen molar-refractivity contribution in [3.8, 4) is 0 Å². The second-order valence-electron chi connectivity index (χ2n) is 4.65. The van der Waals surface area contributed by atoms with Crippen molar-refractivity contribution < 1.29 is 9.72 Å². The number of nitro groups is 1. The number of carbonyl (C=O) groups excluding carboxylic acids is 1. The SMILES string of the molecule is CC(C)CC(=O)NCCNc1ccccc1[N+](=O)[O-]. The number of benzene rings is 1. The molecule has 6 nitrogen and oxygen atoms in total. The average molecular weight is 265 g/mol. The standard InChI is InChI=1S/C13H19N3O3/c1-10(2)9-13(17)15-8-7-14-11-5-3-4-6-12(11)16(18)19/h3-6,10,14H,7-9H2,1-2H3,(H,15,17). The molecule has 0 spiro atoms. The van der Waals surface area contributed by atoms with Crippen molar-refractivity contribution in [2.45, 2.75) is 20.3 Å². The van der Waals surface area contributed by atoms with Crippen LogP contribution in [0.2, 0.25) is 0 Å². The second kappa shape index (κ2) is 7.35. The van der Waals surface area contributed by atoms with E-state index >= 15 is 0 Å². The normalized spacial score (nSPS) is 10.3. The molecular weight excluding hydrogens is 246 g/mol. The molecule has 19 heavy (non-hydrogen) atoms. The molecule has 1 aromatic rings. The first-order chi connectivity index (χ1) is 9.00. The smallest absolute Gasteiger partial charge is 0.292 e. The molecular formula is C13H19N3O3. The minimum absolute atomic E-state index is 0.000591. The molecule has 0 aliphatic carbocycles. The van der Waals surface area contributed by atoms with Crippen LogP contribution in [0.4, 0.5) is 11.4 Å². The van der Waals surface area contributed by atoms with E-state index in [0.717, 1.165) is 0 Å². The Morgan fingerprint density at radius 3 is 2.63 bits per heavy atom. The minimum atomic E-state index is -0.431. The highest BCUT2D eigenvalue weighted by atomic mass is 16.6. The number of nitrogens with zero attached hydrogens (tertiary/aromatic N) is 1. The molecule has 1 amide bonds. The van der Waals surface area contributed by atoms with E-state index in [1.165, 1.54) is 6.07 Å². The van der Waals surface area contributed by atoms with E-state index in [4.69, 9.17) is 0 Å². The molecule has 1 rings (SSSR count). The number of anilines is 1. The van der Waals surface area contributed by atoms with Crippen molar-refractivity contribution in [1.82, 2.24) is 5.32 Å². The molecule has 0 saturated heterocycles. The van der Waals surface area contributed by atoms with Crippen molar-refractivity contribution in [1.29, 1.82) is 0 Å². The molecule has 0 saturated carbocycles. The Morgan fingerprint density at radius 1 is 1.32 bits per heavy atom. The summed E-state index contributed by atoms with van der Waals surface area (Å²) in [5, 5.41) is 16.5. The van der Waals surface area contributed by atoms with Gasteiger partial charge in [0.2, 0.25) is 5.91 Å². The summed E-state index contributed by atoms with van der Waals surface area (Å²) in [6.45, 7) is 4.85. The Balaban J connectivity index is 2.38. The number of nitro benzene ring substituents is 1. The molecule has 104 valence electrons. The number of carbonyl (C=O) groups is 1. The summed E-state index contributed by atoms with van der Waals surface area (Å²) in [6, 6.07) is 6.44. The molecule has 2 N–H and O–H groups in total. The van der Waals surface area contributed by atoms with E-state index in [1.807, 2.05) is 13.8 Å². The van der Waals surface area contributed by atoms with E-state index in [0.29, 0.717) is 31.1 Å². The van der Waals surface area contributed by atoms with Crippen LogP contribution < -0.4 is 10.6 Å². The maximum absolute atomic E-state index is 11.4. The summed E-state index contributed by atoms with van der Waals surface area (Å²) in [6.07, 6.45) is 0.492. The maximum Gasteiger partial charge on any atom is 0.292 e. The van der Waals surface area contributed by atoms with Crippen LogP contribution in [0.1, 0.15) is 20.3 Å². The number of nitrogens with one attached hydrogen (secondary N) is 2. The van der Waals surface area contributed by atoms with Crippen LogP contribution >= 0.6 is 0 Å². The van der Waals surface area contributed by atoms with Gasteiger partial charge < -0.3 is 10.6 Å². The van der Waals surface area contributed by atoms with E-state index in [2.05, 4.69) is 10.6 Å². The van der Waals surface area contributed by atoms with E-state index in [9.17, 15) is 14.9 Å². The van der Waals surface area contributed by atoms with Crippen LogP contribution in [0, 0.1) is 16.0 Å². The van der Waals surface area contributed by atoms with Crippen molar-refractivity contribution >= 4 is 17.3 Å². The van der Waals surface area contributed by atoms with Crippen LogP contribution in [-0.4, -0.2) is 23.9 Å². The fourth-order valence-corrected chi connectivity index (χ4v) is 1.62. The maximum atomic E-state index is 11.4. The topological polar surface area (TPSA) is 84.3 Å². The van der Waals surface area contributed by atoms with Gasteiger partial charge in [-0.2, -0.15) is 0 Å². The van der Waals surface area contributed by atoms with Gasteiger partial charge in [0.25, 0.3) is 5.69 Å². The second-order valence-corrected chi connectivity index (χ2v) is 4.65.